The van der Waals surface area contributed by atoms with Gasteiger partial charge in [0.15, 0.2) is 0 Å². The molecule has 1 saturated carbocycles. The van der Waals surface area contributed by atoms with Crippen molar-refractivity contribution in [3.05, 3.63) is 29.3 Å². The Balaban J connectivity index is 1.41. The summed E-state index contributed by atoms with van der Waals surface area (Å²) in [7, 11) is 0. The normalized spacial score (nSPS) is 25.6. The number of ether oxygens (including phenoxy) is 1. The van der Waals surface area contributed by atoms with E-state index in [1.807, 2.05) is 0 Å². The standard InChI is InChI=1S/C20H24F3N3O3/c21-20(22,23)14-2-4-17-13(9-14)11-26(19(28)25-17)18(27)12-1-3-16(10-12)24-15-5-7-29-8-6-15/h2,4,9,12,15-16,24H,1,3,5-8,10-11H2,(H,25,28)/t12-,16?/m0/s1. The number of benzene rings is 1. The highest BCUT2D eigenvalue weighted by atomic mass is 19.4. The molecule has 0 aromatic heterocycles. The summed E-state index contributed by atoms with van der Waals surface area (Å²) in [5.41, 5.74) is -0.179. The molecule has 2 aliphatic heterocycles. The molecule has 2 heterocycles. The van der Waals surface area contributed by atoms with E-state index in [9.17, 15) is 22.8 Å². The number of carbonyl (C=O) groups is 2. The Morgan fingerprint density at radius 1 is 1.14 bits per heavy atom. The van der Waals surface area contributed by atoms with Gasteiger partial charge in [-0.25, -0.2) is 4.79 Å². The Morgan fingerprint density at radius 2 is 1.90 bits per heavy atom. The third-order valence-corrected chi connectivity index (χ3v) is 5.99. The maximum Gasteiger partial charge on any atom is 0.416 e. The molecule has 0 bridgehead atoms. The smallest absolute Gasteiger partial charge is 0.381 e. The van der Waals surface area contributed by atoms with Crippen LogP contribution in [0.1, 0.15) is 43.2 Å². The third kappa shape index (κ3) is 4.40. The van der Waals surface area contributed by atoms with Gasteiger partial charge in [-0.05, 0) is 55.9 Å². The molecule has 2 fully saturated rings. The van der Waals surface area contributed by atoms with E-state index in [1.54, 1.807) is 0 Å². The second-order valence-electron chi connectivity index (χ2n) is 7.98. The number of fused-ring (bicyclic) bond motifs is 1. The summed E-state index contributed by atoms with van der Waals surface area (Å²) < 4.78 is 44.3. The van der Waals surface area contributed by atoms with Crippen molar-refractivity contribution in [2.45, 2.75) is 56.9 Å². The molecular weight excluding hydrogens is 387 g/mol. The molecule has 0 radical (unpaired) electrons. The molecular formula is C20H24F3N3O3. The zero-order valence-electron chi connectivity index (χ0n) is 15.9. The summed E-state index contributed by atoms with van der Waals surface area (Å²) in [6.45, 7) is 1.33. The van der Waals surface area contributed by atoms with E-state index >= 15 is 0 Å². The van der Waals surface area contributed by atoms with E-state index < -0.39 is 17.8 Å². The number of alkyl halides is 3. The van der Waals surface area contributed by atoms with Crippen molar-refractivity contribution >= 4 is 17.6 Å². The molecule has 29 heavy (non-hydrogen) atoms. The summed E-state index contributed by atoms with van der Waals surface area (Å²) in [5.74, 6) is -0.618. The second kappa shape index (κ2) is 7.95. The fourth-order valence-electron chi connectivity index (χ4n) is 4.40. The van der Waals surface area contributed by atoms with Gasteiger partial charge < -0.3 is 15.4 Å². The van der Waals surface area contributed by atoms with Crippen LogP contribution in [-0.4, -0.2) is 42.1 Å². The van der Waals surface area contributed by atoms with Gasteiger partial charge in [-0.2, -0.15) is 13.2 Å². The van der Waals surface area contributed by atoms with Crippen molar-refractivity contribution in [2.24, 2.45) is 5.92 Å². The Kier molecular flexibility index (Phi) is 5.52. The van der Waals surface area contributed by atoms with Crippen molar-refractivity contribution in [1.29, 1.82) is 0 Å². The van der Waals surface area contributed by atoms with Crippen LogP contribution in [0.25, 0.3) is 0 Å². The zero-order chi connectivity index (χ0) is 20.6. The number of nitrogens with one attached hydrogen (secondary N) is 2. The molecule has 1 aromatic carbocycles. The molecule has 9 heteroatoms. The molecule has 6 nitrogen and oxygen atoms in total. The van der Waals surface area contributed by atoms with Crippen LogP contribution in [0, 0.1) is 5.92 Å². The molecule has 3 amide bonds. The fourth-order valence-corrected chi connectivity index (χ4v) is 4.40. The number of imide groups is 1. The minimum absolute atomic E-state index is 0.140. The first kappa shape index (κ1) is 20.2. The number of anilines is 1. The molecule has 158 valence electrons. The Bertz CT molecular complexity index is 793. The van der Waals surface area contributed by atoms with Crippen molar-refractivity contribution in [2.75, 3.05) is 18.5 Å². The van der Waals surface area contributed by atoms with Gasteiger partial charge in [0.25, 0.3) is 0 Å². The van der Waals surface area contributed by atoms with Gasteiger partial charge in [-0.3, -0.25) is 9.69 Å². The van der Waals surface area contributed by atoms with Crippen LogP contribution in [0.15, 0.2) is 18.2 Å². The summed E-state index contributed by atoms with van der Waals surface area (Å²) >= 11 is 0. The van der Waals surface area contributed by atoms with Crippen LogP contribution in [0.4, 0.5) is 23.7 Å². The van der Waals surface area contributed by atoms with Crippen LogP contribution in [0.2, 0.25) is 0 Å². The van der Waals surface area contributed by atoms with Crippen LogP contribution in [0.5, 0.6) is 0 Å². The van der Waals surface area contributed by atoms with E-state index in [0.29, 0.717) is 30.1 Å². The summed E-state index contributed by atoms with van der Waals surface area (Å²) in [6, 6.07) is 3.18. The van der Waals surface area contributed by atoms with Gasteiger partial charge >= 0.3 is 12.2 Å². The predicted molar refractivity (Wildman–Crippen MR) is 99.1 cm³/mol. The van der Waals surface area contributed by atoms with E-state index in [-0.39, 0.29) is 24.4 Å². The van der Waals surface area contributed by atoms with E-state index in [4.69, 9.17) is 4.74 Å². The highest BCUT2D eigenvalue weighted by Crippen LogP contribution is 2.35. The minimum Gasteiger partial charge on any atom is -0.381 e. The first-order chi connectivity index (χ1) is 13.8. The molecule has 4 rings (SSSR count). The van der Waals surface area contributed by atoms with Crippen LogP contribution >= 0.6 is 0 Å². The summed E-state index contributed by atoms with van der Waals surface area (Å²) in [6.07, 6.45) is -0.434. The van der Waals surface area contributed by atoms with Gasteiger partial charge in [0, 0.05) is 36.9 Å². The van der Waals surface area contributed by atoms with E-state index in [1.165, 1.54) is 6.07 Å². The summed E-state index contributed by atoms with van der Waals surface area (Å²) in [5, 5.41) is 6.12. The number of amides is 3. The molecule has 1 saturated heterocycles. The van der Waals surface area contributed by atoms with Gasteiger partial charge in [0.2, 0.25) is 5.91 Å². The lowest BCUT2D eigenvalue weighted by molar-refractivity contribution is -0.137. The molecule has 2 atom stereocenters. The van der Waals surface area contributed by atoms with Gasteiger partial charge in [0.05, 0.1) is 12.1 Å². The minimum atomic E-state index is -4.47. The quantitative estimate of drug-likeness (QED) is 0.799. The zero-order valence-corrected chi connectivity index (χ0v) is 15.9. The van der Waals surface area contributed by atoms with Crippen LogP contribution in [0.3, 0.4) is 0 Å². The summed E-state index contributed by atoms with van der Waals surface area (Å²) in [4.78, 5) is 26.4. The highest BCUT2D eigenvalue weighted by Gasteiger charge is 2.38. The largest absolute Gasteiger partial charge is 0.416 e. The highest BCUT2D eigenvalue weighted by molar-refractivity contribution is 6.04. The lowest BCUT2D eigenvalue weighted by atomic mass is 10.0. The van der Waals surface area contributed by atoms with Crippen molar-refractivity contribution < 1.29 is 27.5 Å². The van der Waals surface area contributed by atoms with Gasteiger partial charge in [-0.1, -0.05) is 0 Å². The third-order valence-electron chi connectivity index (χ3n) is 5.99. The number of nitrogens with zero attached hydrogens (tertiary/aromatic N) is 1. The van der Waals surface area contributed by atoms with E-state index in [2.05, 4.69) is 10.6 Å². The van der Waals surface area contributed by atoms with E-state index in [0.717, 1.165) is 49.5 Å². The van der Waals surface area contributed by atoms with Gasteiger partial charge in [-0.15, -0.1) is 0 Å². The molecule has 1 aliphatic carbocycles. The number of halogens is 3. The van der Waals surface area contributed by atoms with Gasteiger partial charge in [0.1, 0.15) is 0 Å². The Labute approximate surface area is 166 Å². The van der Waals surface area contributed by atoms with Crippen molar-refractivity contribution in [3.8, 4) is 0 Å². The molecule has 3 aliphatic rings. The molecule has 2 N–H and O–H groups in total. The van der Waals surface area contributed by atoms with Crippen LogP contribution in [-0.2, 0) is 22.3 Å². The topological polar surface area (TPSA) is 70.7 Å². The molecule has 1 aromatic rings. The molecule has 0 spiro atoms. The maximum absolute atomic E-state index is 13.0. The lowest BCUT2D eigenvalue weighted by Gasteiger charge is -2.30. The monoisotopic (exact) mass is 411 g/mol. The average molecular weight is 411 g/mol. The maximum atomic E-state index is 13.0. The number of urea groups is 1. The fraction of sp³-hybridized carbons (Fsp3) is 0.600. The number of hydrogen-bond donors (Lipinski definition) is 2. The SMILES string of the molecule is O=C1Nc2ccc(C(F)(F)F)cc2CN1C(=O)[C@H]1CCC(NC2CCOCC2)C1. The number of hydrogen-bond acceptors (Lipinski definition) is 4. The predicted octanol–water partition coefficient (Wildman–Crippen LogP) is 3.52. The van der Waals surface area contributed by atoms with Crippen molar-refractivity contribution in [3.63, 3.8) is 0 Å². The Hall–Kier alpha value is -2.13. The first-order valence-corrected chi connectivity index (χ1v) is 9.97. The lowest BCUT2D eigenvalue weighted by Crippen LogP contribution is -2.45. The van der Waals surface area contributed by atoms with Crippen LogP contribution < -0.4 is 10.6 Å². The first-order valence-electron chi connectivity index (χ1n) is 9.97. The molecule has 1 unspecified atom stereocenters. The number of carbonyl (C=O) groups excluding carboxylic acids is 2. The Morgan fingerprint density at radius 3 is 2.62 bits per heavy atom. The number of rotatable bonds is 3. The van der Waals surface area contributed by atoms with Crippen molar-refractivity contribution in [1.82, 2.24) is 10.2 Å². The second-order valence-corrected chi connectivity index (χ2v) is 7.98. The average Bonchev–Trinajstić information content (AvgIpc) is 3.15.